The molecule has 0 bridgehead atoms. The predicted octanol–water partition coefficient (Wildman–Crippen LogP) is 5.88. The standard InChI is InChI=1S/C23H21Cl2N5OS/c1-3-10-30-21(12-17-14(2)26-20-7-5-4-6-16(17)20)28-29-23(30)32-13-22(31)27-15-8-9-18(24)19(25)11-15/h3-9,11,26H,1,10,12-13H2,2H3,(H,27,31). The maximum atomic E-state index is 12.4. The smallest absolute Gasteiger partial charge is 0.234 e. The summed E-state index contributed by atoms with van der Waals surface area (Å²) in [5.41, 5.74) is 3.98. The largest absolute Gasteiger partial charge is 0.358 e. The zero-order valence-corrected chi connectivity index (χ0v) is 19.7. The van der Waals surface area contributed by atoms with E-state index in [0.717, 1.165) is 17.0 Å². The van der Waals surface area contributed by atoms with Gasteiger partial charge in [-0.25, -0.2) is 0 Å². The molecule has 164 valence electrons. The zero-order chi connectivity index (χ0) is 22.7. The summed E-state index contributed by atoms with van der Waals surface area (Å²) in [4.78, 5) is 15.8. The lowest BCUT2D eigenvalue weighted by Gasteiger charge is -2.09. The molecule has 0 aliphatic carbocycles. The number of carbonyl (C=O) groups excluding carboxylic acids is 1. The van der Waals surface area contributed by atoms with E-state index in [0.29, 0.717) is 33.9 Å². The molecule has 2 aromatic heterocycles. The molecule has 0 aliphatic rings. The second kappa shape index (κ2) is 9.81. The average molecular weight is 486 g/mol. The van der Waals surface area contributed by atoms with Crippen molar-refractivity contribution in [3.05, 3.63) is 82.2 Å². The van der Waals surface area contributed by atoms with Crippen molar-refractivity contribution in [1.29, 1.82) is 0 Å². The fourth-order valence-electron chi connectivity index (χ4n) is 3.49. The number of aromatic amines is 1. The minimum atomic E-state index is -0.171. The van der Waals surface area contributed by atoms with E-state index < -0.39 is 0 Å². The van der Waals surface area contributed by atoms with Gasteiger partial charge in [0.05, 0.1) is 15.8 Å². The number of benzene rings is 2. The first-order chi connectivity index (χ1) is 15.5. The van der Waals surface area contributed by atoms with Gasteiger partial charge >= 0.3 is 0 Å². The number of rotatable bonds is 8. The monoisotopic (exact) mass is 485 g/mol. The number of nitrogens with one attached hydrogen (secondary N) is 2. The first-order valence-corrected chi connectivity index (χ1v) is 11.7. The van der Waals surface area contributed by atoms with Crippen LogP contribution >= 0.6 is 35.0 Å². The molecular formula is C23H21Cl2N5OS. The van der Waals surface area contributed by atoms with E-state index in [9.17, 15) is 4.79 Å². The van der Waals surface area contributed by atoms with E-state index in [4.69, 9.17) is 23.2 Å². The van der Waals surface area contributed by atoms with Crippen LogP contribution in [0.1, 0.15) is 17.1 Å². The number of fused-ring (bicyclic) bond motifs is 1. The number of halogens is 2. The van der Waals surface area contributed by atoms with Gasteiger partial charge in [-0.15, -0.1) is 16.8 Å². The highest BCUT2D eigenvalue weighted by Gasteiger charge is 2.17. The molecule has 0 fully saturated rings. The number of amides is 1. The lowest BCUT2D eigenvalue weighted by Crippen LogP contribution is -2.15. The van der Waals surface area contributed by atoms with Crippen molar-refractivity contribution in [1.82, 2.24) is 19.7 Å². The Morgan fingerprint density at radius 3 is 2.81 bits per heavy atom. The SMILES string of the molecule is C=CCn1c(Cc2c(C)[nH]c3ccccc23)nnc1SCC(=O)Nc1ccc(Cl)c(Cl)c1. The summed E-state index contributed by atoms with van der Waals surface area (Å²) in [6.07, 6.45) is 2.43. The Morgan fingerprint density at radius 1 is 1.22 bits per heavy atom. The number of aryl methyl sites for hydroxylation is 1. The van der Waals surface area contributed by atoms with Gasteiger partial charge in [-0.1, -0.05) is 59.2 Å². The van der Waals surface area contributed by atoms with E-state index in [2.05, 4.69) is 46.1 Å². The Hall–Kier alpha value is -2.74. The summed E-state index contributed by atoms with van der Waals surface area (Å²) >= 11 is 13.3. The van der Waals surface area contributed by atoms with Crippen LogP contribution in [0.5, 0.6) is 0 Å². The molecule has 0 unspecified atom stereocenters. The van der Waals surface area contributed by atoms with Gasteiger partial charge in [0.25, 0.3) is 0 Å². The fourth-order valence-corrected chi connectivity index (χ4v) is 4.56. The highest BCUT2D eigenvalue weighted by Crippen LogP contribution is 2.27. The Labute approximate surface area is 200 Å². The van der Waals surface area contributed by atoms with Crippen LogP contribution in [0.15, 0.2) is 60.3 Å². The van der Waals surface area contributed by atoms with Crippen LogP contribution in [0.2, 0.25) is 10.0 Å². The third-order valence-electron chi connectivity index (χ3n) is 5.00. The molecule has 2 aromatic carbocycles. The predicted molar refractivity (Wildman–Crippen MR) is 132 cm³/mol. The molecule has 6 nitrogen and oxygen atoms in total. The van der Waals surface area contributed by atoms with Crippen molar-refractivity contribution in [2.75, 3.05) is 11.1 Å². The van der Waals surface area contributed by atoms with Crippen molar-refractivity contribution in [3.63, 3.8) is 0 Å². The number of aromatic nitrogens is 4. The second-order valence-corrected chi connectivity index (χ2v) is 8.97. The van der Waals surface area contributed by atoms with Crippen LogP contribution in [-0.2, 0) is 17.8 Å². The number of para-hydroxylation sites is 1. The molecule has 4 aromatic rings. The first-order valence-electron chi connectivity index (χ1n) is 9.93. The van der Waals surface area contributed by atoms with Gasteiger partial charge in [0.2, 0.25) is 5.91 Å². The van der Waals surface area contributed by atoms with Crippen molar-refractivity contribution in [2.45, 2.75) is 25.0 Å². The summed E-state index contributed by atoms with van der Waals surface area (Å²) < 4.78 is 1.99. The second-order valence-electron chi connectivity index (χ2n) is 7.21. The van der Waals surface area contributed by atoms with Crippen LogP contribution in [0.25, 0.3) is 10.9 Å². The molecule has 4 rings (SSSR count). The van der Waals surface area contributed by atoms with E-state index >= 15 is 0 Å². The van der Waals surface area contributed by atoms with Crippen LogP contribution in [0.4, 0.5) is 5.69 Å². The summed E-state index contributed by atoms with van der Waals surface area (Å²) in [6, 6.07) is 13.2. The lowest BCUT2D eigenvalue weighted by atomic mass is 10.1. The first kappa shape index (κ1) is 22.5. The number of nitrogens with zero attached hydrogens (tertiary/aromatic N) is 3. The summed E-state index contributed by atoms with van der Waals surface area (Å²) in [7, 11) is 0. The van der Waals surface area contributed by atoms with Crippen LogP contribution < -0.4 is 5.32 Å². The summed E-state index contributed by atoms with van der Waals surface area (Å²) in [5, 5.41) is 14.2. The summed E-state index contributed by atoms with van der Waals surface area (Å²) in [6.45, 7) is 6.47. The molecule has 2 heterocycles. The number of hydrogen-bond donors (Lipinski definition) is 2. The molecule has 0 saturated heterocycles. The topological polar surface area (TPSA) is 75.6 Å². The van der Waals surface area contributed by atoms with Crippen molar-refractivity contribution < 1.29 is 4.79 Å². The van der Waals surface area contributed by atoms with Crippen molar-refractivity contribution in [3.8, 4) is 0 Å². The number of anilines is 1. The Kier molecular flexibility index (Phi) is 6.89. The average Bonchev–Trinajstić information content (AvgIpc) is 3.30. The molecule has 0 atom stereocenters. The molecule has 0 spiro atoms. The Bertz CT molecular complexity index is 1300. The van der Waals surface area contributed by atoms with Gasteiger partial charge in [-0.05, 0) is 36.8 Å². The minimum Gasteiger partial charge on any atom is -0.358 e. The maximum absolute atomic E-state index is 12.4. The molecule has 9 heteroatoms. The Balaban J connectivity index is 1.49. The van der Waals surface area contributed by atoms with Gasteiger partial charge in [-0.3, -0.25) is 4.79 Å². The highest BCUT2D eigenvalue weighted by atomic mass is 35.5. The molecule has 2 N–H and O–H groups in total. The van der Waals surface area contributed by atoms with Gasteiger partial charge < -0.3 is 14.9 Å². The maximum Gasteiger partial charge on any atom is 0.234 e. The number of carbonyl (C=O) groups is 1. The van der Waals surface area contributed by atoms with Crippen LogP contribution in [0, 0.1) is 6.92 Å². The number of allylic oxidation sites excluding steroid dienone is 1. The zero-order valence-electron chi connectivity index (χ0n) is 17.4. The molecule has 0 aliphatic heterocycles. The van der Waals surface area contributed by atoms with E-state index in [-0.39, 0.29) is 11.7 Å². The molecule has 0 saturated carbocycles. The van der Waals surface area contributed by atoms with Crippen LogP contribution in [-0.4, -0.2) is 31.4 Å². The van der Waals surface area contributed by atoms with E-state index in [1.807, 2.05) is 16.7 Å². The van der Waals surface area contributed by atoms with Crippen LogP contribution in [0.3, 0.4) is 0 Å². The van der Waals surface area contributed by atoms with Gasteiger partial charge in [0, 0.05) is 35.2 Å². The van der Waals surface area contributed by atoms with Crippen molar-refractivity contribution in [2.24, 2.45) is 0 Å². The number of thioether (sulfide) groups is 1. The summed E-state index contributed by atoms with van der Waals surface area (Å²) in [5.74, 6) is 0.836. The van der Waals surface area contributed by atoms with Gasteiger partial charge in [0.1, 0.15) is 5.82 Å². The number of hydrogen-bond acceptors (Lipinski definition) is 4. The fraction of sp³-hybridized carbons (Fsp3) is 0.174. The number of H-pyrrole nitrogens is 1. The van der Waals surface area contributed by atoms with Gasteiger partial charge in [-0.2, -0.15) is 0 Å². The lowest BCUT2D eigenvalue weighted by molar-refractivity contribution is -0.113. The van der Waals surface area contributed by atoms with E-state index in [1.165, 1.54) is 22.7 Å². The quantitative estimate of drug-likeness (QED) is 0.241. The van der Waals surface area contributed by atoms with Gasteiger partial charge in [0.15, 0.2) is 5.16 Å². The molecular weight excluding hydrogens is 465 g/mol. The van der Waals surface area contributed by atoms with Crippen molar-refractivity contribution >= 4 is 57.5 Å². The van der Waals surface area contributed by atoms with E-state index in [1.54, 1.807) is 24.3 Å². The molecule has 0 radical (unpaired) electrons. The molecule has 32 heavy (non-hydrogen) atoms. The Morgan fingerprint density at radius 2 is 2.03 bits per heavy atom. The normalized spacial score (nSPS) is 11.1. The third kappa shape index (κ3) is 4.85. The minimum absolute atomic E-state index is 0.171. The third-order valence-corrected chi connectivity index (χ3v) is 6.71. The highest BCUT2D eigenvalue weighted by molar-refractivity contribution is 7.99. The molecule has 1 amide bonds.